The first-order valence-electron chi connectivity index (χ1n) is 4.71. The summed E-state index contributed by atoms with van der Waals surface area (Å²) in [6, 6.07) is 2.02. The molecule has 1 aliphatic rings. The van der Waals surface area contributed by atoms with Crippen LogP contribution < -0.4 is 0 Å². The average Bonchev–Trinajstić information content (AvgIpc) is 2.20. The van der Waals surface area contributed by atoms with Crippen LogP contribution in [0.3, 0.4) is 0 Å². The van der Waals surface area contributed by atoms with Gasteiger partial charge in [0, 0.05) is 6.42 Å². The van der Waals surface area contributed by atoms with Gasteiger partial charge in [0.1, 0.15) is 5.76 Å². The molecule has 0 saturated heterocycles. The molecular weight excluding hydrogens is 259 g/mol. The second kappa shape index (κ2) is 4.22. The summed E-state index contributed by atoms with van der Waals surface area (Å²) in [5.74, 6) is -0.255. The van der Waals surface area contributed by atoms with E-state index in [1.54, 1.807) is 6.92 Å². The summed E-state index contributed by atoms with van der Waals surface area (Å²) >= 11 is 0. The lowest BCUT2D eigenvalue weighted by molar-refractivity contribution is -0.0524. The molecule has 0 spiro atoms. The van der Waals surface area contributed by atoms with Crippen molar-refractivity contribution in [3.8, 4) is 6.07 Å². The minimum absolute atomic E-state index is 0.000625. The standard InChI is InChI=1S/C9H10F3NO3S/c1-8(6-13)4-2-7(3-5-8)16-17(14,15)9(10,11)12/h2H,3-5H2,1H3. The monoisotopic (exact) mass is 269 g/mol. The normalized spacial score (nSPS) is 25.9. The van der Waals surface area contributed by atoms with Crippen LogP contribution >= 0.6 is 0 Å². The van der Waals surface area contributed by atoms with Gasteiger partial charge < -0.3 is 4.18 Å². The van der Waals surface area contributed by atoms with Gasteiger partial charge in [-0.15, -0.1) is 0 Å². The van der Waals surface area contributed by atoms with E-state index in [0.29, 0.717) is 0 Å². The predicted octanol–water partition coefficient (Wildman–Crippen LogP) is 2.45. The van der Waals surface area contributed by atoms with Gasteiger partial charge in [-0.25, -0.2) is 0 Å². The third kappa shape index (κ3) is 3.12. The Kier molecular flexibility index (Phi) is 3.43. The molecule has 0 radical (unpaired) electrons. The molecule has 4 nitrogen and oxygen atoms in total. The number of nitrogens with zero attached hydrogens (tertiary/aromatic N) is 1. The molecule has 17 heavy (non-hydrogen) atoms. The van der Waals surface area contributed by atoms with Crippen LogP contribution in [0.5, 0.6) is 0 Å². The van der Waals surface area contributed by atoms with E-state index in [-0.39, 0.29) is 25.0 Å². The van der Waals surface area contributed by atoms with E-state index in [4.69, 9.17) is 5.26 Å². The number of rotatable bonds is 2. The summed E-state index contributed by atoms with van der Waals surface area (Å²) in [7, 11) is -5.59. The summed E-state index contributed by atoms with van der Waals surface area (Å²) in [5.41, 5.74) is -6.10. The highest BCUT2D eigenvalue weighted by molar-refractivity contribution is 7.87. The molecular formula is C9H10F3NO3S. The third-order valence-electron chi connectivity index (χ3n) is 2.47. The molecule has 1 atom stereocenters. The first kappa shape index (κ1) is 13.8. The molecule has 1 rings (SSSR count). The van der Waals surface area contributed by atoms with Gasteiger partial charge in [0.2, 0.25) is 0 Å². The van der Waals surface area contributed by atoms with Crippen molar-refractivity contribution in [2.45, 2.75) is 31.7 Å². The zero-order chi connectivity index (χ0) is 13.3. The zero-order valence-electron chi connectivity index (χ0n) is 8.91. The molecule has 0 heterocycles. The number of alkyl halides is 3. The summed E-state index contributed by atoms with van der Waals surface area (Å²) in [5, 5.41) is 8.78. The Bertz CT molecular complexity index is 475. The van der Waals surface area contributed by atoms with Crippen molar-refractivity contribution in [1.29, 1.82) is 5.26 Å². The fourth-order valence-corrected chi connectivity index (χ4v) is 1.84. The molecule has 0 bridgehead atoms. The molecule has 0 aliphatic heterocycles. The van der Waals surface area contributed by atoms with Gasteiger partial charge >= 0.3 is 15.6 Å². The molecule has 8 heteroatoms. The van der Waals surface area contributed by atoms with Crippen LogP contribution in [0.1, 0.15) is 26.2 Å². The van der Waals surface area contributed by atoms with Crippen molar-refractivity contribution in [2.24, 2.45) is 5.41 Å². The lowest BCUT2D eigenvalue weighted by Gasteiger charge is -2.25. The predicted molar refractivity (Wildman–Crippen MR) is 51.7 cm³/mol. The summed E-state index contributed by atoms with van der Waals surface area (Å²) in [6.07, 6.45) is 1.66. The second-order valence-electron chi connectivity index (χ2n) is 4.03. The fraction of sp³-hybridized carbons (Fsp3) is 0.667. The fourth-order valence-electron chi connectivity index (χ4n) is 1.31. The topological polar surface area (TPSA) is 67.2 Å². The molecule has 96 valence electrons. The number of hydrogen-bond acceptors (Lipinski definition) is 4. The Morgan fingerprint density at radius 1 is 1.53 bits per heavy atom. The molecule has 0 saturated carbocycles. The van der Waals surface area contributed by atoms with E-state index in [1.165, 1.54) is 6.08 Å². The first-order valence-corrected chi connectivity index (χ1v) is 6.11. The minimum Gasteiger partial charge on any atom is -0.381 e. The highest BCUT2D eigenvalue weighted by Crippen LogP contribution is 2.36. The second-order valence-corrected chi connectivity index (χ2v) is 5.57. The lowest BCUT2D eigenvalue weighted by atomic mass is 9.80. The van der Waals surface area contributed by atoms with Crippen LogP contribution in [0.15, 0.2) is 11.8 Å². The number of halogens is 3. The van der Waals surface area contributed by atoms with Crippen molar-refractivity contribution in [3.63, 3.8) is 0 Å². The van der Waals surface area contributed by atoms with Crippen molar-refractivity contribution >= 4 is 10.1 Å². The third-order valence-corrected chi connectivity index (χ3v) is 3.47. The van der Waals surface area contributed by atoms with E-state index in [2.05, 4.69) is 4.18 Å². The van der Waals surface area contributed by atoms with Gasteiger partial charge in [-0.05, 0) is 25.8 Å². The average molecular weight is 269 g/mol. The van der Waals surface area contributed by atoms with Gasteiger partial charge in [-0.1, -0.05) is 0 Å². The van der Waals surface area contributed by atoms with Crippen LogP contribution in [0.2, 0.25) is 0 Å². The molecule has 0 aromatic carbocycles. The summed E-state index contributed by atoms with van der Waals surface area (Å²) in [4.78, 5) is 0. The van der Waals surface area contributed by atoms with E-state index in [1.807, 2.05) is 6.07 Å². The highest BCUT2D eigenvalue weighted by atomic mass is 32.2. The molecule has 1 aliphatic carbocycles. The number of allylic oxidation sites excluding steroid dienone is 2. The minimum atomic E-state index is -5.59. The molecule has 0 aromatic rings. The van der Waals surface area contributed by atoms with Crippen LogP contribution in [0.25, 0.3) is 0 Å². The Morgan fingerprint density at radius 2 is 2.12 bits per heavy atom. The Labute approximate surface area is 96.8 Å². The van der Waals surface area contributed by atoms with Crippen molar-refractivity contribution in [3.05, 3.63) is 11.8 Å². The summed E-state index contributed by atoms with van der Waals surface area (Å²) in [6.45, 7) is 1.65. The molecule has 0 aromatic heterocycles. The van der Waals surface area contributed by atoms with Gasteiger partial charge in [0.25, 0.3) is 0 Å². The van der Waals surface area contributed by atoms with Gasteiger partial charge in [-0.3, -0.25) is 0 Å². The van der Waals surface area contributed by atoms with Crippen LogP contribution in [-0.4, -0.2) is 13.9 Å². The number of hydrogen-bond donors (Lipinski definition) is 0. The molecule has 1 unspecified atom stereocenters. The lowest BCUT2D eigenvalue weighted by Crippen LogP contribution is -2.27. The van der Waals surface area contributed by atoms with E-state index in [9.17, 15) is 21.6 Å². The van der Waals surface area contributed by atoms with Gasteiger partial charge in [-0.2, -0.15) is 26.9 Å². The quantitative estimate of drug-likeness (QED) is 0.570. The SMILES string of the molecule is CC1(C#N)CC=C(OS(=O)(=O)C(F)(F)F)CC1. The molecule has 0 N–H and O–H groups in total. The number of nitriles is 1. The van der Waals surface area contributed by atoms with E-state index >= 15 is 0 Å². The van der Waals surface area contributed by atoms with E-state index < -0.39 is 21.0 Å². The highest BCUT2D eigenvalue weighted by Gasteiger charge is 2.49. The smallest absolute Gasteiger partial charge is 0.381 e. The Morgan fingerprint density at radius 3 is 2.47 bits per heavy atom. The van der Waals surface area contributed by atoms with Crippen LogP contribution in [-0.2, 0) is 14.3 Å². The van der Waals surface area contributed by atoms with Crippen molar-refractivity contribution < 1.29 is 25.8 Å². The van der Waals surface area contributed by atoms with Crippen molar-refractivity contribution in [2.75, 3.05) is 0 Å². The van der Waals surface area contributed by atoms with E-state index in [0.717, 1.165) is 0 Å². The Balaban J connectivity index is 2.79. The maximum absolute atomic E-state index is 12.0. The van der Waals surface area contributed by atoms with Gasteiger partial charge in [0.05, 0.1) is 11.5 Å². The van der Waals surface area contributed by atoms with Crippen LogP contribution in [0.4, 0.5) is 13.2 Å². The molecule has 0 amide bonds. The maximum Gasteiger partial charge on any atom is 0.534 e. The van der Waals surface area contributed by atoms with Gasteiger partial charge in [0.15, 0.2) is 0 Å². The van der Waals surface area contributed by atoms with Crippen molar-refractivity contribution in [1.82, 2.24) is 0 Å². The molecule has 0 fully saturated rings. The maximum atomic E-state index is 12.0. The summed E-state index contributed by atoms with van der Waals surface area (Å²) < 4.78 is 61.4. The first-order chi connectivity index (χ1) is 7.60. The van der Waals surface area contributed by atoms with Crippen LogP contribution in [0, 0.1) is 16.7 Å². The Hall–Kier alpha value is -1.23. The zero-order valence-corrected chi connectivity index (χ0v) is 9.73. The largest absolute Gasteiger partial charge is 0.534 e.